The first-order valence-corrected chi connectivity index (χ1v) is 10.5. The molecule has 0 saturated carbocycles. The number of hydrogen-bond donors (Lipinski definition) is 1. The zero-order valence-corrected chi connectivity index (χ0v) is 16.8. The van der Waals surface area contributed by atoms with Crippen LogP contribution in [-0.2, 0) is 22.5 Å². The molecule has 1 amide bonds. The van der Waals surface area contributed by atoms with E-state index < -0.39 is 0 Å². The molecule has 4 rings (SSSR count). The second-order valence-electron chi connectivity index (χ2n) is 8.66. The summed E-state index contributed by atoms with van der Waals surface area (Å²) in [5, 5.41) is 2.90. The Morgan fingerprint density at radius 1 is 1.26 bits per heavy atom. The van der Waals surface area contributed by atoms with Crippen molar-refractivity contribution in [2.75, 3.05) is 38.1 Å². The second-order valence-corrected chi connectivity index (χ2v) is 8.66. The van der Waals surface area contributed by atoms with Gasteiger partial charge in [-0.3, -0.25) is 9.69 Å². The van der Waals surface area contributed by atoms with Gasteiger partial charge >= 0.3 is 0 Å². The average molecular weight is 372 g/mol. The molecule has 0 aromatic heterocycles. The van der Waals surface area contributed by atoms with Crippen molar-refractivity contribution < 1.29 is 9.53 Å². The van der Waals surface area contributed by atoms with Crippen LogP contribution in [0.3, 0.4) is 0 Å². The fourth-order valence-electron chi connectivity index (χ4n) is 4.98. The monoisotopic (exact) mass is 371 g/mol. The van der Waals surface area contributed by atoms with E-state index in [9.17, 15) is 4.79 Å². The minimum Gasteiger partial charge on any atom is -0.374 e. The summed E-state index contributed by atoms with van der Waals surface area (Å²) in [6, 6.07) is 7.04. The molecule has 1 atom stereocenters. The predicted molar refractivity (Wildman–Crippen MR) is 108 cm³/mol. The van der Waals surface area contributed by atoms with E-state index in [2.05, 4.69) is 40.4 Å². The van der Waals surface area contributed by atoms with Crippen LogP contribution in [0.25, 0.3) is 0 Å². The lowest BCUT2D eigenvalue weighted by Crippen LogP contribution is -2.44. The lowest BCUT2D eigenvalue weighted by molar-refractivity contribution is -0.120. The van der Waals surface area contributed by atoms with Gasteiger partial charge in [0.25, 0.3) is 0 Å². The van der Waals surface area contributed by atoms with Gasteiger partial charge in [-0.15, -0.1) is 0 Å². The fraction of sp³-hybridized carbons (Fsp3) is 0.682. The van der Waals surface area contributed by atoms with E-state index in [4.69, 9.17) is 4.74 Å². The number of likely N-dealkylation sites (tertiary alicyclic amines) is 1. The van der Waals surface area contributed by atoms with Crippen molar-refractivity contribution in [1.82, 2.24) is 10.2 Å². The van der Waals surface area contributed by atoms with Crippen molar-refractivity contribution in [3.05, 3.63) is 29.3 Å². The van der Waals surface area contributed by atoms with Gasteiger partial charge in [0.2, 0.25) is 5.91 Å². The predicted octanol–water partition coefficient (Wildman–Crippen LogP) is 2.72. The number of anilines is 1. The van der Waals surface area contributed by atoms with Crippen LogP contribution in [0.5, 0.6) is 0 Å². The minimum atomic E-state index is 0.0330. The topological polar surface area (TPSA) is 44.8 Å². The van der Waals surface area contributed by atoms with Gasteiger partial charge in [-0.1, -0.05) is 12.1 Å². The molecule has 1 spiro atoms. The van der Waals surface area contributed by atoms with Gasteiger partial charge in [-0.25, -0.2) is 0 Å². The van der Waals surface area contributed by atoms with Crippen molar-refractivity contribution in [1.29, 1.82) is 0 Å². The Morgan fingerprint density at radius 2 is 2.07 bits per heavy atom. The number of amides is 1. The number of carbonyl (C=O) groups excluding carboxylic acids is 1. The molecule has 3 heterocycles. The van der Waals surface area contributed by atoms with Gasteiger partial charge in [-0.2, -0.15) is 0 Å². The van der Waals surface area contributed by atoms with Gasteiger partial charge in [0.15, 0.2) is 0 Å². The van der Waals surface area contributed by atoms with Gasteiger partial charge in [0.1, 0.15) is 0 Å². The summed E-state index contributed by atoms with van der Waals surface area (Å²) >= 11 is 0. The van der Waals surface area contributed by atoms with Crippen LogP contribution in [0.2, 0.25) is 0 Å². The third-order valence-corrected chi connectivity index (χ3v) is 6.59. The van der Waals surface area contributed by atoms with Crippen LogP contribution in [0.15, 0.2) is 18.2 Å². The first-order chi connectivity index (χ1) is 13.0. The van der Waals surface area contributed by atoms with E-state index >= 15 is 0 Å². The number of benzene rings is 1. The van der Waals surface area contributed by atoms with Crippen molar-refractivity contribution in [3.8, 4) is 0 Å². The van der Waals surface area contributed by atoms with Gasteiger partial charge in [0, 0.05) is 52.4 Å². The summed E-state index contributed by atoms with van der Waals surface area (Å²) in [6.45, 7) is 6.64. The molecule has 2 saturated heterocycles. The van der Waals surface area contributed by atoms with Crippen molar-refractivity contribution in [2.24, 2.45) is 0 Å². The van der Waals surface area contributed by atoms with Crippen molar-refractivity contribution in [2.45, 2.75) is 63.7 Å². The largest absolute Gasteiger partial charge is 0.374 e. The standard InChI is InChI=1S/C22H33N3O2/c1-17(26)23-15-20-7-8-22(27-20)9-12-25(13-10-22)16-18-5-6-21-19(14-18)4-3-11-24(21)2/h5-6,14,20H,3-4,7-13,15-16H2,1-2H3,(H,23,26). The first kappa shape index (κ1) is 18.8. The summed E-state index contributed by atoms with van der Waals surface area (Å²) in [4.78, 5) is 16.1. The maximum Gasteiger partial charge on any atom is 0.216 e. The maximum absolute atomic E-state index is 11.1. The SMILES string of the molecule is CC(=O)NCC1CCC2(CCN(Cc3ccc4c(c3)CCCN4C)CC2)O1. The molecule has 5 heteroatoms. The molecule has 3 aliphatic heterocycles. The Kier molecular flexibility index (Phi) is 5.42. The molecule has 1 N–H and O–H groups in total. The molecule has 0 bridgehead atoms. The molecule has 1 aromatic rings. The van der Waals surface area contributed by atoms with Gasteiger partial charge < -0.3 is 15.0 Å². The molecule has 148 valence electrons. The summed E-state index contributed by atoms with van der Waals surface area (Å²) in [6.07, 6.45) is 7.08. The van der Waals surface area contributed by atoms with Gasteiger partial charge in [0.05, 0.1) is 11.7 Å². The van der Waals surface area contributed by atoms with E-state index in [0.29, 0.717) is 6.54 Å². The summed E-state index contributed by atoms with van der Waals surface area (Å²) in [7, 11) is 2.20. The molecule has 2 fully saturated rings. The number of nitrogens with zero attached hydrogens (tertiary/aromatic N) is 2. The van der Waals surface area contributed by atoms with Crippen LogP contribution in [0.1, 0.15) is 50.2 Å². The number of aryl methyl sites for hydroxylation is 1. The van der Waals surface area contributed by atoms with Crippen molar-refractivity contribution in [3.63, 3.8) is 0 Å². The van der Waals surface area contributed by atoms with E-state index in [0.717, 1.165) is 45.3 Å². The highest BCUT2D eigenvalue weighted by Gasteiger charge is 2.42. The number of ether oxygens (including phenoxy) is 1. The van der Waals surface area contributed by atoms with Crippen LogP contribution in [-0.4, -0.2) is 55.7 Å². The first-order valence-electron chi connectivity index (χ1n) is 10.5. The number of fused-ring (bicyclic) bond motifs is 1. The molecular weight excluding hydrogens is 338 g/mol. The zero-order chi connectivity index (χ0) is 18.9. The molecule has 1 aromatic carbocycles. The Morgan fingerprint density at radius 3 is 2.85 bits per heavy atom. The average Bonchev–Trinajstić information content (AvgIpc) is 3.05. The maximum atomic E-state index is 11.1. The van der Waals surface area contributed by atoms with E-state index in [1.807, 2.05) is 0 Å². The molecule has 5 nitrogen and oxygen atoms in total. The fourth-order valence-corrected chi connectivity index (χ4v) is 4.98. The normalized spacial score (nSPS) is 24.8. The second kappa shape index (κ2) is 7.80. The molecule has 0 radical (unpaired) electrons. The third kappa shape index (κ3) is 4.30. The van der Waals surface area contributed by atoms with Crippen LogP contribution >= 0.6 is 0 Å². The Balaban J connectivity index is 1.29. The highest BCUT2D eigenvalue weighted by molar-refractivity contribution is 5.72. The summed E-state index contributed by atoms with van der Waals surface area (Å²) < 4.78 is 6.38. The van der Waals surface area contributed by atoms with Gasteiger partial charge in [-0.05, 0) is 55.7 Å². The molecule has 3 aliphatic rings. The Bertz CT molecular complexity index is 682. The molecular formula is C22H33N3O2. The quantitative estimate of drug-likeness (QED) is 0.884. The molecule has 1 unspecified atom stereocenters. The van der Waals surface area contributed by atoms with Crippen molar-refractivity contribution >= 4 is 11.6 Å². The van der Waals surface area contributed by atoms with Crippen LogP contribution in [0, 0.1) is 0 Å². The van der Waals surface area contributed by atoms with Crippen LogP contribution in [0.4, 0.5) is 5.69 Å². The highest BCUT2D eigenvalue weighted by atomic mass is 16.5. The number of piperidine rings is 1. The molecule has 0 aliphatic carbocycles. The number of nitrogens with one attached hydrogen (secondary N) is 1. The number of hydrogen-bond acceptors (Lipinski definition) is 4. The smallest absolute Gasteiger partial charge is 0.216 e. The lowest BCUT2D eigenvalue weighted by Gasteiger charge is -2.39. The van der Waals surface area contributed by atoms with Crippen LogP contribution < -0.4 is 10.2 Å². The Labute approximate surface area is 163 Å². The molecule has 27 heavy (non-hydrogen) atoms. The highest BCUT2D eigenvalue weighted by Crippen LogP contribution is 2.39. The summed E-state index contributed by atoms with van der Waals surface area (Å²) in [5.74, 6) is 0.0330. The zero-order valence-electron chi connectivity index (χ0n) is 16.8. The Hall–Kier alpha value is -1.59. The number of carbonyl (C=O) groups is 1. The number of rotatable bonds is 4. The van der Waals surface area contributed by atoms with E-state index in [1.165, 1.54) is 36.2 Å². The lowest BCUT2D eigenvalue weighted by atomic mass is 9.88. The minimum absolute atomic E-state index is 0.0330. The van der Waals surface area contributed by atoms with E-state index in [1.54, 1.807) is 6.92 Å². The summed E-state index contributed by atoms with van der Waals surface area (Å²) in [5.41, 5.74) is 4.41. The third-order valence-electron chi connectivity index (χ3n) is 6.59. The van der Waals surface area contributed by atoms with E-state index in [-0.39, 0.29) is 17.6 Å².